The van der Waals surface area contributed by atoms with Gasteiger partial charge in [-0.25, -0.2) is 4.79 Å². The Hall–Kier alpha value is -3.14. The van der Waals surface area contributed by atoms with Crippen LogP contribution in [0.2, 0.25) is 0 Å². The van der Waals surface area contributed by atoms with Crippen LogP contribution in [0.4, 0.5) is 23.7 Å². The van der Waals surface area contributed by atoms with Crippen LogP contribution in [-0.2, 0) is 24.1 Å². The quantitative estimate of drug-likeness (QED) is 0.443. The van der Waals surface area contributed by atoms with Crippen LogP contribution in [0.3, 0.4) is 0 Å². The van der Waals surface area contributed by atoms with Crippen molar-refractivity contribution in [3.63, 3.8) is 0 Å². The fourth-order valence-corrected chi connectivity index (χ4v) is 5.38. The highest BCUT2D eigenvalue weighted by molar-refractivity contribution is 7.10. The Bertz CT molecular complexity index is 1170. The second-order valence-corrected chi connectivity index (χ2v) is 9.58. The van der Waals surface area contributed by atoms with Crippen molar-refractivity contribution >= 4 is 34.7 Å². The first-order valence-electron chi connectivity index (χ1n) is 10.9. The number of benzene rings is 1. The fourth-order valence-electron chi connectivity index (χ4n) is 4.40. The Labute approximate surface area is 198 Å². The number of Topliss-reactive ketones (excluding diaryl/α,β-unsaturated/α-hetero) is 1. The topological polar surface area (TPSA) is 78.5 Å². The molecule has 1 aromatic carbocycles. The Balaban J connectivity index is 1.40. The van der Waals surface area contributed by atoms with E-state index < -0.39 is 23.8 Å². The number of nitrogens with zero attached hydrogens (tertiary/aromatic N) is 1. The van der Waals surface area contributed by atoms with Gasteiger partial charge in [0.25, 0.3) is 5.91 Å². The van der Waals surface area contributed by atoms with Gasteiger partial charge in [-0.1, -0.05) is 18.2 Å². The molecule has 1 atom stereocenters. The van der Waals surface area contributed by atoms with Crippen LogP contribution in [0, 0.1) is 6.92 Å². The summed E-state index contributed by atoms with van der Waals surface area (Å²) in [5.41, 5.74) is 1.49. The van der Waals surface area contributed by atoms with Gasteiger partial charge in [0.15, 0.2) is 5.78 Å². The van der Waals surface area contributed by atoms with Crippen molar-refractivity contribution in [3.8, 4) is 0 Å². The SMILES string of the molecule is C=C1CCCC(N2Cc3c(csc3CNC(=O)Nc3ccc(C)c(C(F)(F)F)c3)C2=O)C(=O)C1. The van der Waals surface area contributed by atoms with Crippen LogP contribution in [-0.4, -0.2) is 28.7 Å². The number of rotatable bonds is 4. The molecular formula is C24H24F3N3O3S. The maximum atomic E-state index is 13.1. The van der Waals surface area contributed by atoms with E-state index >= 15 is 0 Å². The van der Waals surface area contributed by atoms with Gasteiger partial charge in [0.1, 0.15) is 0 Å². The molecule has 0 radical (unpaired) electrons. The lowest BCUT2D eigenvalue weighted by atomic mass is 10.1. The summed E-state index contributed by atoms with van der Waals surface area (Å²) in [5, 5.41) is 6.79. The second kappa shape index (κ2) is 9.25. The van der Waals surface area contributed by atoms with Gasteiger partial charge in [0.05, 0.1) is 23.7 Å². The van der Waals surface area contributed by atoms with Crippen LogP contribution in [0.15, 0.2) is 35.7 Å². The number of hydrogen-bond donors (Lipinski definition) is 2. The number of anilines is 1. The highest BCUT2D eigenvalue weighted by Crippen LogP contribution is 2.35. The third kappa shape index (κ3) is 4.86. The Kier molecular flexibility index (Phi) is 6.53. The molecule has 3 amide bonds. The smallest absolute Gasteiger partial charge is 0.333 e. The van der Waals surface area contributed by atoms with Crippen molar-refractivity contribution in [2.24, 2.45) is 0 Å². The number of amides is 3. The van der Waals surface area contributed by atoms with Crippen molar-refractivity contribution in [1.29, 1.82) is 0 Å². The average Bonchev–Trinajstić information content (AvgIpc) is 3.24. The maximum Gasteiger partial charge on any atom is 0.416 e. The van der Waals surface area contributed by atoms with Crippen LogP contribution < -0.4 is 10.6 Å². The molecule has 34 heavy (non-hydrogen) atoms. The van der Waals surface area contributed by atoms with Gasteiger partial charge >= 0.3 is 12.2 Å². The van der Waals surface area contributed by atoms with Crippen LogP contribution in [0.1, 0.15) is 57.6 Å². The predicted molar refractivity (Wildman–Crippen MR) is 123 cm³/mol. The third-order valence-electron chi connectivity index (χ3n) is 6.19. The Morgan fingerprint density at radius 2 is 2.06 bits per heavy atom. The first-order valence-corrected chi connectivity index (χ1v) is 11.7. The molecule has 180 valence electrons. The number of urea groups is 1. The Morgan fingerprint density at radius 1 is 1.29 bits per heavy atom. The number of allylic oxidation sites excluding steroid dienone is 1. The third-order valence-corrected chi connectivity index (χ3v) is 7.22. The fraction of sp³-hybridized carbons (Fsp3) is 0.375. The molecule has 1 fully saturated rings. The largest absolute Gasteiger partial charge is 0.416 e. The minimum atomic E-state index is -4.51. The molecule has 6 nitrogen and oxygen atoms in total. The van der Waals surface area contributed by atoms with E-state index in [1.165, 1.54) is 30.4 Å². The van der Waals surface area contributed by atoms with Gasteiger partial charge in [-0.05, 0) is 49.4 Å². The number of aryl methyl sites for hydroxylation is 1. The van der Waals surface area contributed by atoms with Gasteiger partial charge < -0.3 is 15.5 Å². The monoisotopic (exact) mass is 491 g/mol. The second-order valence-electron chi connectivity index (χ2n) is 8.62. The molecule has 4 rings (SSSR count). The molecule has 2 heterocycles. The maximum absolute atomic E-state index is 13.1. The number of nitrogens with one attached hydrogen (secondary N) is 2. The van der Waals surface area contributed by atoms with Gasteiger partial charge in [-0.2, -0.15) is 13.2 Å². The minimum absolute atomic E-state index is 0.0000493. The first-order chi connectivity index (χ1) is 16.0. The number of halogens is 3. The van der Waals surface area contributed by atoms with Crippen molar-refractivity contribution in [3.05, 3.63) is 62.9 Å². The van der Waals surface area contributed by atoms with Crippen molar-refractivity contribution < 1.29 is 27.6 Å². The van der Waals surface area contributed by atoms with E-state index in [9.17, 15) is 27.6 Å². The molecule has 1 aliphatic heterocycles. The zero-order valence-corrected chi connectivity index (χ0v) is 19.4. The summed E-state index contributed by atoms with van der Waals surface area (Å²) >= 11 is 1.33. The number of carbonyl (C=O) groups is 3. The molecule has 1 saturated carbocycles. The van der Waals surface area contributed by atoms with Gasteiger partial charge in [0.2, 0.25) is 0 Å². The normalized spacial score (nSPS) is 18.6. The lowest BCUT2D eigenvalue weighted by Crippen LogP contribution is -2.40. The lowest BCUT2D eigenvalue weighted by Gasteiger charge is -2.25. The number of thiophene rings is 1. The number of hydrogen-bond acceptors (Lipinski definition) is 4. The molecule has 1 aromatic heterocycles. The number of alkyl halides is 3. The van der Waals surface area contributed by atoms with Gasteiger partial charge in [-0.15, -0.1) is 11.3 Å². The lowest BCUT2D eigenvalue weighted by molar-refractivity contribution is -0.138. The van der Waals surface area contributed by atoms with E-state index in [1.807, 2.05) is 0 Å². The summed E-state index contributed by atoms with van der Waals surface area (Å²) in [6.07, 6.45) is -2.05. The molecule has 1 unspecified atom stereocenters. The Morgan fingerprint density at radius 3 is 2.79 bits per heavy atom. The van der Waals surface area contributed by atoms with E-state index in [2.05, 4.69) is 17.2 Å². The summed E-state index contributed by atoms with van der Waals surface area (Å²) < 4.78 is 39.3. The zero-order valence-electron chi connectivity index (χ0n) is 18.6. The zero-order chi connectivity index (χ0) is 24.6. The first kappa shape index (κ1) is 24.0. The highest BCUT2D eigenvalue weighted by Gasteiger charge is 2.38. The molecule has 2 N–H and O–H groups in total. The van der Waals surface area contributed by atoms with E-state index in [1.54, 1.807) is 10.3 Å². The van der Waals surface area contributed by atoms with Crippen LogP contribution in [0.5, 0.6) is 0 Å². The van der Waals surface area contributed by atoms with Gasteiger partial charge in [-0.3, -0.25) is 9.59 Å². The van der Waals surface area contributed by atoms with Crippen molar-refractivity contribution in [2.75, 3.05) is 5.32 Å². The molecule has 2 aromatic rings. The highest BCUT2D eigenvalue weighted by atomic mass is 32.1. The van der Waals surface area contributed by atoms with E-state index in [0.29, 0.717) is 18.5 Å². The molecular weight excluding hydrogens is 467 g/mol. The molecule has 2 aliphatic rings. The molecule has 0 bridgehead atoms. The van der Waals surface area contributed by atoms with E-state index in [-0.39, 0.29) is 35.9 Å². The summed E-state index contributed by atoms with van der Waals surface area (Å²) in [4.78, 5) is 40.2. The van der Waals surface area contributed by atoms with E-state index in [0.717, 1.165) is 34.9 Å². The number of fused-ring (bicyclic) bond motifs is 1. The summed E-state index contributed by atoms with van der Waals surface area (Å²) in [6.45, 7) is 5.68. The standard InChI is InChI=1S/C24H24F3N3O3S/c1-13-4-3-5-19(20(31)8-13)30-11-16-17(22(30)32)12-34-21(16)10-28-23(33)29-15-7-6-14(2)18(9-15)24(25,26)27/h6-7,9,12,19H,1,3-5,8,10-11H2,2H3,(H2,28,29,33). The predicted octanol–water partition coefficient (Wildman–Crippen LogP) is 5.42. The summed E-state index contributed by atoms with van der Waals surface area (Å²) in [6, 6.07) is 2.47. The van der Waals surface area contributed by atoms with Crippen molar-refractivity contribution in [1.82, 2.24) is 10.2 Å². The van der Waals surface area contributed by atoms with Gasteiger partial charge in [0, 0.05) is 28.9 Å². The average molecular weight is 492 g/mol. The molecule has 0 spiro atoms. The molecule has 0 saturated heterocycles. The molecule has 1 aliphatic carbocycles. The number of carbonyl (C=O) groups excluding carboxylic acids is 3. The summed E-state index contributed by atoms with van der Waals surface area (Å²) in [7, 11) is 0. The van der Waals surface area contributed by atoms with Crippen molar-refractivity contribution in [2.45, 2.75) is 57.9 Å². The van der Waals surface area contributed by atoms with Crippen LogP contribution in [0.25, 0.3) is 0 Å². The molecule has 10 heteroatoms. The number of ketones is 1. The minimum Gasteiger partial charge on any atom is -0.333 e. The summed E-state index contributed by atoms with van der Waals surface area (Å²) in [5.74, 6) is -0.188. The van der Waals surface area contributed by atoms with E-state index in [4.69, 9.17) is 0 Å². The van der Waals surface area contributed by atoms with Crippen LogP contribution >= 0.6 is 11.3 Å².